The zero-order valence-electron chi connectivity index (χ0n) is 10.8. The van der Waals surface area contributed by atoms with Gasteiger partial charge in [0.2, 0.25) is 0 Å². The van der Waals surface area contributed by atoms with Gasteiger partial charge in [0.05, 0.1) is 0 Å². The monoisotopic (exact) mass is 309 g/mol. The maximum atomic E-state index is 5.96. The van der Waals surface area contributed by atoms with E-state index in [1.54, 1.807) is 0 Å². The molecule has 1 N–H and O–H groups in total. The number of rotatable bonds is 4. The van der Waals surface area contributed by atoms with Crippen molar-refractivity contribution in [3.63, 3.8) is 0 Å². The number of fused-ring (bicyclic) bond motifs is 1. The number of nitrogens with one attached hydrogen (secondary N) is 1. The molecular formula is C15H20BrNO. The van der Waals surface area contributed by atoms with Crippen LogP contribution >= 0.6 is 15.9 Å². The number of halogens is 1. The molecule has 0 spiro atoms. The number of hydrogen-bond donors (Lipinski definition) is 1. The summed E-state index contributed by atoms with van der Waals surface area (Å²) < 4.78 is 7.10. The normalized spacial score (nSPS) is 24.2. The Morgan fingerprint density at radius 2 is 2.28 bits per heavy atom. The second kappa shape index (κ2) is 5.22. The van der Waals surface area contributed by atoms with E-state index in [-0.39, 0.29) is 0 Å². The summed E-state index contributed by atoms with van der Waals surface area (Å²) in [6, 6.07) is 6.92. The van der Waals surface area contributed by atoms with Crippen molar-refractivity contribution < 1.29 is 4.74 Å². The molecule has 0 aromatic heterocycles. The lowest BCUT2D eigenvalue weighted by molar-refractivity contribution is 0.191. The van der Waals surface area contributed by atoms with Gasteiger partial charge in [0, 0.05) is 23.5 Å². The molecule has 18 heavy (non-hydrogen) atoms. The van der Waals surface area contributed by atoms with Crippen molar-refractivity contribution in [2.45, 2.75) is 44.8 Å². The van der Waals surface area contributed by atoms with Gasteiger partial charge in [-0.1, -0.05) is 22.4 Å². The fourth-order valence-electron chi connectivity index (χ4n) is 2.83. The predicted molar refractivity (Wildman–Crippen MR) is 77.1 cm³/mol. The molecule has 0 radical (unpaired) electrons. The molecule has 0 saturated heterocycles. The zero-order chi connectivity index (χ0) is 12.5. The van der Waals surface area contributed by atoms with E-state index in [0.717, 1.165) is 29.1 Å². The molecule has 0 bridgehead atoms. The van der Waals surface area contributed by atoms with Crippen molar-refractivity contribution in [1.29, 1.82) is 0 Å². The second-order valence-corrected chi connectivity index (χ2v) is 6.50. The standard InChI is InChI=1S/C15H20BrNO/c1-10(11-3-2-4-11)17-9-14-8-12-7-13(16)5-6-15(12)18-14/h5-7,10-11,14,17H,2-4,8-9H2,1H3. The molecular weight excluding hydrogens is 290 g/mol. The Hall–Kier alpha value is -0.540. The van der Waals surface area contributed by atoms with Crippen LogP contribution in [0.3, 0.4) is 0 Å². The summed E-state index contributed by atoms with van der Waals surface area (Å²) in [5.74, 6) is 1.95. The van der Waals surface area contributed by atoms with Gasteiger partial charge in [-0.3, -0.25) is 0 Å². The highest BCUT2D eigenvalue weighted by Crippen LogP contribution is 2.32. The van der Waals surface area contributed by atoms with Gasteiger partial charge >= 0.3 is 0 Å². The first-order valence-electron chi connectivity index (χ1n) is 6.91. The van der Waals surface area contributed by atoms with Gasteiger partial charge in [-0.05, 0) is 49.4 Å². The lowest BCUT2D eigenvalue weighted by Gasteiger charge is -2.32. The zero-order valence-corrected chi connectivity index (χ0v) is 12.4. The van der Waals surface area contributed by atoms with E-state index in [9.17, 15) is 0 Å². The largest absolute Gasteiger partial charge is 0.488 e. The summed E-state index contributed by atoms with van der Waals surface area (Å²) in [7, 11) is 0. The molecule has 2 atom stereocenters. The Bertz CT molecular complexity index is 431. The van der Waals surface area contributed by atoms with Crippen molar-refractivity contribution in [3.05, 3.63) is 28.2 Å². The Labute approximate surface area is 117 Å². The summed E-state index contributed by atoms with van der Waals surface area (Å²) >= 11 is 3.51. The van der Waals surface area contributed by atoms with Crippen molar-refractivity contribution in [2.24, 2.45) is 5.92 Å². The number of ether oxygens (including phenoxy) is 1. The van der Waals surface area contributed by atoms with Gasteiger partial charge in [0.1, 0.15) is 11.9 Å². The molecule has 1 fully saturated rings. The van der Waals surface area contributed by atoms with Gasteiger partial charge in [0.15, 0.2) is 0 Å². The van der Waals surface area contributed by atoms with Crippen LogP contribution in [-0.2, 0) is 6.42 Å². The summed E-state index contributed by atoms with van der Waals surface area (Å²) in [5.41, 5.74) is 1.33. The van der Waals surface area contributed by atoms with Crippen LogP contribution in [-0.4, -0.2) is 18.7 Å². The van der Waals surface area contributed by atoms with E-state index in [1.165, 1.54) is 24.8 Å². The molecule has 2 nitrogen and oxygen atoms in total. The van der Waals surface area contributed by atoms with Crippen LogP contribution in [0.5, 0.6) is 5.75 Å². The third-order valence-electron chi connectivity index (χ3n) is 4.29. The maximum Gasteiger partial charge on any atom is 0.123 e. The third-order valence-corrected chi connectivity index (χ3v) is 4.78. The molecule has 1 aliphatic heterocycles. The van der Waals surface area contributed by atoms with E-state index in [1.807, 2.05) is 6.07 Å². The molecule has 1 saturated carbocycles. The molecule has 2 aliphatic rings. The van der Waals surface area contributed by atoms with Crippen molar-refractivity contribution in [3.8, 4) is 5.75 Å². The lowest BCUT2D eigenvalue weighted by Crippen LogP contribution is -2.41. The van der Waals surface area contributed by atoms with Gasteiger partial charge < -0.3 is 10.1 Å². The van der Waals surface area contributed by atoms with Gasteiger partial charge in [-0.25, -0.2) is 0 Å². The average molecular weight is 310 g/mol. The molecule has 0 amide bonds. The summed E-state index contributed by atoms with van der Waals surface area (Å²) in [5, 5.41) is 3.64. The molecule has 3 rings (SSSR count). The van der Waals surface area contributed by atoms with E-state index in [0.29, 0.717) is 12.1 Å². The smallest absolute Gasteiger partial charge is 0.123 e. The second-order valence-electron chi connectivity index (χ2n) is 5.58. The van der Waals surface area contributed by atoms with E-state index in [2.05, 4.69) is 40.3 Å². The van der Waals surface area contributed by atoms with Crippen LogP contribution in [0.2, 0.25) is 0 Å². The quantitative estimate of drug-likeness (QED) is 0.918. The average Bonchev–Trinajstić information content (AvgIpc) is 2.65. The first kappa shape index (κ1) is 12.5. The fourth-order valence-corrected chi connectivity index (χ4v) is 3.24. The van der Waals surface area contributed by atoms with Crippen LogP contribution in [0.1, 0.15) is 31.7 Å². The molecule has 1 aromatic rings. The molecule has 1 heterocycles. The molecule has 3 heteroatoms. The fraction of sp³-hybridized carbons (Fsp3) is 0.600. The summed E-state index contributed by atoms with van der Waals surface area (Å²) in [6.07, 6.45) is 5.53. The third kappa shape index (κ3) is 2.57. The van der Waals surface area contributed by atoms with Crippen molar-refractivity contribution >= 4 is 15.9 Å². The predicted octanol–water partition coefficient (Wildman–Crippen LogP) is 3.53. The molecule has 1 aromatic carbocycles. The minimum absolute atomic E-state index is 0.303. The Morgan fingerprint density at radius 1 is 1.44 bits per heavy atom. The minimum atomic E-state index is 0.303. The van der Waals surface area contributed by atoms with Gasteiger partial charge in [-0.15, -0.1) is 0 Å². The van der Waals surface area contributed by atoms with E-state index in [4.69, 9.17) is 4.74 Å². The van der Waals surface area contributed by atoms with Crippen LogP contribution in [0, 0.1) is 5.92 Å². The highest BCUT2D eigenvalue weighted by Gasteiger charge is 2.26. The van der Waals surface area contributed by atoms with Crippen LogP contribution < -0.4 is 10.1 Å². The van der Waals surface area contributed by atoms with Crippen molar-refractivity contribution in [2.75, 3.05) is 6.54 Å². The maximum absolute atomic E-state index is 5.96. The minimum Gasteiger partial charge on any atom is -0.488 e. The van der Waals surface area contributed by atoms with E-state index >= 15 is 0 Å². The number of benzene rings is 1. The Balaban J connectivity index is 1.51. The Morgan fingerprint density at radius 3 is 3.00 bits per heavy atom. The highest BCUT2D eigenvalue weighted by atomic mass is 79.9. The SMILES string of the molecule is CC(NCC1Cc2cc(Br)ccc2O1)C1CCC1. The lowest BCUT2D eigenvalue weighted by atomic mass is 9.80. The van der Waals surface area contributed by atoms with Crippen LogP contribution in [0.4, 0.5) is 0 Å². The van der Waals surface area contributed by atoms with Crippen molar-refractivity contribution in [1.82, 2.24) is 5.32 Å². The first-order chi connectivity index (χ1) is 8.72. The topological polar surface area (TPSA) is 21.3 Å². The van der Waals surface area contributed by atoms with Crippen LogP contribution in [0.15, 0.2) is 22.7 Å². The van der Waals surface area contributed by atoms with Crippen LogP contribution in [0.25, 0.3) is 0 Å². The molecule has 2 unspecified atom stereocenters. The molecule has 98 valence electrons. The van der Waals surface area contributed by atoms with E-state index < -0.39 is 0 Å². The van der Waals surface area contributed by atoms with Gasteiger partial charge in [-0.2, -0.15) is 0 Å². The summed E-state index contributed by atoms with van der Waals surface area (Å²) in [4.78, 5) is 0. The van der Waals surface area contributed by atoms with Gasteiger partial charge in [0.25, 0.3) is 0 Å². The number of hydrogen-bond acceptors (Lipinski definition) is 2. The highest BCUT2D eigenvalue weighted by molar-refractivity contribution is 9.10. The Kier molecular flexibility index (Phi) is 3.62. The summed E-state index contributed by atoms with van der Waals surface area (Å²) in [6.45, 7) is 3.27. The molecule has 1 aliphatic carbocycles. The first-order valence-corrected chi connectivity index (χ1v) is 7.70.